The number of hydrogen-bond donors (Lipinski definition) is 1. The lowest BCUT2D eigenvalue weighted by molar-refractivity contribution is 0.0523. The first kappa shape index (κ1) is 23.5. The highest BCUT2D eigenvalue weighted by Crippen LogP contribution is 2.36. The first-order valence-electron chi connectivity index (χ1n) is 8.44. The topological polar surface area (TPSA) is 84.9 Å². The van der Waals surface area contributed by atoms with Gasteiger partial charge in [0.05, 0.1) is 5.02 Å². The predicted molar refractivity (Wildman–Crippen MR) is 106 cm³/mol. The Labute approximate surface area is 167 Å². The molecule has 0 unspecified atom stereocenters. The molecule has 0 atom stereocenters. The standard InChI is InChI=1S/C18H29ClN2O5S/c1-17(2,3)13-9-12(11-20-16(22)25-18(4,5)6)15(14(19)10-13)26-27(23,24)21(7)8/h9-10H,11H2,1-8H3,(H,20,22). The fourth-order valence-electron chi connectivity index (χ4n) is 1.97. The SMILES string of the molecule is CN(C)S(=O)(=O)Oc1c(Cl)cc(C(C)(C)C)cc1CNC(=O)OC(C)(C)C. The molecule has 1 aromatic carbocycles. The van der Waals surface area contributed by atoms with Crippen molar-refractivity contribution in [1.82, 2.24) is 9.62 Å². The van der Waals surface area contributed by atoms with E-state index in [1.54, 1.807) is 32.9 Å². The van der Waals surface area contributed by atoms with Gasteiger partial charge < -0.3 is 14.2 Å². The molecule has 27 heavy (non-hydrogen) atoms. The van der Waals surface area contributed by atoms with Gasteiger partial charge in [0.25, 0.3) is 0 Å². The second-order valence-corrected chi connectivity index (χ2v) is 10.5. The van der Waals surface area contributed by atoms with Crippen LogP contribution in [0.4, 0.5) is 4.79 Å². The van der Waals surface area contributed by atoms with Gasteiger partial charge >= 0.3 is 16.4 Å². The maximum atomic E-state index is 12.1. The minimum absolute atomic E-state index is 0.00314. The molecule has 0 aliphatic rings. The molecule has 1 amide bonds. The molecule has 7 nitrogen and oxygen atoms in total. The van der Waals surface area contributed by atoms with E-state index < -0.39 is 22.0 Å². The number of nitrogens with zero attached hydrogens (tertiary/aromatic N) is 1. The molecule has 154 valence electrons. The summed E-state index contributed by atoms with van der Waals surface area (Å²) in [7, 11) is -1.30. The van der Waals surface area contributed by atoms with Crippen LogP contribution in [0.1, 0.15) is 52.7 Å². The van der Waals surface area contributed by atoms with E-state index >= 15 is 0 Å². The van der Waals surface area contributed by atoms with E-state index in [9.17, 15) is 13.2 Å². The number of alkyl carbamates (subject to hydrolysis) is 1. The third-order valence-corrected chi connectivity index (χ3v) is 5.00. The quantitative estimate of drug-likeness (QED) is 0.781. The average molecular weight is 421 g/mol. The van der Waals surface area contributed by atoms with Gasteiger partial charge in [-0.05, 0) is 43.9 Å². The molecule has 0 radical (unpaired) electrons. The Morgan fingerprint density at radius 1 is 1.15 bits per heavy atom. The summed E-state index contributed by atoms with van der Waals surface area (Å²) in [4.78, 5) is 12.0. The maximum Gasteiger partial charge on any atom is 0.407 e. The van der Waals surface area contributed by atoms with Crippen LogP contribution in [0.15, 0.2) is 12.1 Å². The predicted octanol–water partition coefficient (Wildman–Crippen LogP) is 3.85. The van der Waals surface area contributed by atoms with Gasteiger partial charge in [-0.3, -0.25) is 0 Å². The molecular weight excluding hydrogens is 392 g/mol. The van der Waals surface area contributed by atoms with Crippen LogP contribution >= 0.6 is 11.6 Å². The highest BCUT2D eigenvalue weighted by molar-refractivity contribution is 7.84. The van der Waals surface area contributed by atoms with Gasteiger partial charge in [-0.2, -0.15) is 12.7 Å². The second-order valence-electron chi connectivity index (χ2n) is 8.38. The number of hydrogen-bond acceptors (Lipinski definition) is 5. The first-order chi connectivity index (χ1) is 12.0. The molecule has 0 saturated carbocycles. The van der Waals surface area contributed by atoms with Gasteiger partial charge in [-0.25, -0.2) is 4.79 Å². The molecule has 0 spiro atoms. The zero-order valence-electron chi connectivity index (χ0n) is 17.1. The van der Waals surface area contributed by atoms with Crippen molar-refractivity contribution in [2.24, 2.45) is 0 Å². The van der Waals surface area contributed by atoms with Crippen LogP contribution in [0.25, 0.3) is 0 Å². The molecule has 9 heteroatoms. The lowest BCUT2D eigenvalue weighted by Crippen LogP contribution is -2.32. The van der Waals surface area contributed by atoms with E-state index in [2.05, 4.69) is 5.32 Å². The molecule has 1 N–H and O–H groups in total. The lowest BCUT2D eigenvalue weighted by Gasteiger charge is -2.24. The fourth-order valence-corrected chi connectivity index (χ4v) is 2.85. The minimum Gasteiger partial charge on any atom is -0.444 e. The molecule has 0 bridgehead atoms. The van der Waals surface area contributed by atoms with Crippen molar-refractivity contribution in [1.29, 1.82) is 0 Å². The molecule has 0 heterocycles. The summed E-state index contributed by atoms with van der Waals surface area (Å²) in [5.41, 5.74) is 0.429. The van der Waals surface area contributed by atoms with E-state index in [1.807, 2.05) is 20.8 Å². The van der Waals surface area contributed by atoms with E-state index in [0.717, 1.165) is 9.87 Å². The highest BCUT2D eigenvalue weighted by Gasteiger charge is 2.25. The number of amides is 1. The summed E-state index contributed by atoms with van der Waals surface area (Å²) in [5, 5.41) is 2.76. The van der Waals surface area contributed by atoms with Crippen molar-refractivity contribution in [3.8, 4) is 5.75 Å². The molecule has 0 aromatic heterocycles. The molecular formula is C18H29ClN2O5S. The summed E-state index contributed by atoms with van der Waals surface area (Å²) in [6.07, 6.45) is -0.624. The number of halogens is 1. The largest absolute Gasteiger partial charge is 0.444 e. The van der Waals surface area contributed by atoms with E-state index in [-0.39, 0.29) is 22.7 Å². The Kier molecular flexibility index (Phi) is 7.18. The van der Waals surface area contributed by atoms with Crippen molar-refractivity contribution in [3.63, 3.8) is 0 Å². The van der Waals surface area contributed by atoms with Crippen LogP contribution < -0.4 is 9.50 Å². The Hall–Kier alpha value is -1.51. The van der Waals surface area contributed by atoms with Crippen LogP contribution in [0, 0.1) is 0 Å². The molecule has 1 aromatic rings. The molecule has 0 saturated heterocycles. The first-order valence-corrected chi connectivity index (χ1v) is 10.2. The van der Waals surface area contributed by atoms with Crippen molar-refractivity contribution < 1.29 is 22.1 Å². The summed E-state index contributed by atoms with van der Waals surface area (Å²) >= 11 is 6.32. The van der Waals surface area contributed by atoms with Crippen molar-refractivity contribution >= 4 is 28.0 Å². The van der Waals surface area contributed by atoms with Crippen LogP contribution in [0.5, 0.6) is 5.75 Å². The summed E-state index contributed by atoms with van der Waals surface area (Å²) in [6, 6.07) is 3.43. The van der Waals surface area contributed by atoms with Crippen molar-refractivity contribution in [3.05, 3.63) is 28.3 Å². The van der Waals surface area contributed by atoms with Gasteiger partial charge in [0.15, 0.2) is 5.75 Å². The fraction of sp³-hybridized carbons (Fsp3) is 0.611. The maximum absolute atomic E-state index is 12.1. The lowest BCUT2D eigenvalue weighted by atomic mass is 9.86. The molecule has 0 fully saturated rings. The van der Waals surface area contributed by atoms with Crippen LogP contribution in [0.3, 0.4) is 0 Å². The summed E-state index contributed by atoms with van der Waals surface area (Å²) < 4.78 is 35.6. The van der Waals surface area contributed by atoms with Crippen LogP contribution in [-0.2, 0) is 27.0 Å². The van der Waals surface area contributed by atoms with Crippen molar-refractivity contribution in [2.75, 3.05) is 14.1 Å². The molecule has 1 rings (SSSR count). The zero-order valence-corrected chi connectivity index (χ0v) is 18.7. The zero-order chi connectivity index (χ0) is 21.2. The Morgan fingerprint density at radius 3 is 2.15 bits per heavy atom. The molecule has 0 aliphatic heterocycles. The van der Waals surface area contributed by atoms with E-state index in [0.29, 0.717) is 5.56 Å². The van der Waals surface area contributed by atoms with Gasteiger partial charge in [0, 0.05) is 26.2 Å². The average Bonchev–Trinajstić information content (AvgIpc) is 2.44. The Bertz CT molecular complexity index is 793. The molecule has 0 aliphatic carbocycles. The summed E-state index contributed by atoms with van der Waals surface area (Å²) in [6.45, 7) is 11.3. The number of benzene rings is 1. The number of nitrogens with one attached hydrogen (secondary N) is 1. The Balaban J connectivity index is 3.27. The third kappa shape index (κ3) is 7.20. The number of ether oxygens (including phenoxy) is 1. The van der Waals surface area contributed by atoms with Gasteiger partial charge in [0.2, 0.25) is 0 Å². The van der Waals surface area contributed by atoms with Crippen LogP contribution in [-0.4, -0.2) is 38.5 Å². The number of carbonyl (C=O) groups is 1. The monoisotopic (exact) mass is 420 g/mol. The summed E-state index contributed by atoms with van der Waals surface area (Å²) in [5.74, 6) is -0.0191. The normalized spacial score (nSPS) is 12.8. The van der Waals surface area contributed by atoms with Crippen LogP contribution in [0.2, 0.25) is 5.02 Å². The third-order valence-electron chi connectivity index (χ3n) is 3.44. The second kappa shape index (κ2) is 8.24. The van der Waals surface area contributed by atoms with Gasteiger partial charge in [-0.15, -0.1) is 0 Å². The smallest absolute Gasteiger partial charge is 0.407 e. The Morgan fingerprint density at radius 2 is 1.70 bits per heavy atom. The van der Waals surface area contributed by atoms with Gasteiger partial charge in [-0.1, -0.05) is 32.4 Å². The van der Waals surface area contributed by atoms with E-state index in [4.69, 9.17) is 20.5 Å². The minimum atomic E-state index is -4.01. The number of rotatable bonds is 5. The van der Waals surface area contributed by atoms with E-state index in [1.165, 1.54) is 14.1 Å². The van der Waals surface area contributed by atoms with Crippen molar-refractivity contribution in [2.45, 2.75) is 59.1 Å². The number of carbonyl (C=O) groups excluding carboxylic acids is 1. The highest BCUT2D eigenvalue weighted by atomic mass is 35.5. The van der Waals surface area contributed by atoms with Gasteiger partial charge in [0.1, 0.15) is 5.60 Å².